The normalized spacial score (nSPS) is 17.0. The van der Waals surface area contributed by atoms with Crippen molar-refractivity contribution in [3.63, 3.8) is 0 Å². The van der Waals surface area contributed by atoms with Crippen molar-refractivity contribution in [2.24, 2.45) is 0 Å². The molecule has 1 aliphatic rings. The van der Waals surface area contributed by atoms with Gasteiger partial charge in [0, 0.05) is 23.1 Å². The first-order valence-electron chi connectivity index (χ1n) is 9.42. The summed E-state index contributed by atoms with van der Waals surface area (Å²) in [5, 5.41) is 1.36. The van der Waals surface area contributed by atoms with Crippen LogP contribution in [0.4, 0.5) is 0 Å². The molecule has 1 aliphatic heterocycles. The Morgan fingerprint density at radius 3 is 2.37 bits per heavy atom. The standard InChI is InChI=1S/C24H22N2O/c1-26-16-15-21-20-9-5-6-10-22(20)25-23(21)24(26)17-11-13-19(14-12-17)27-18-7-3-2-4-8-18/h2-14,24-25H,15-16H2,1H3. The van der Waals surface area contributed by atoms with Gasteiger partial charge in [-0.3, -0.25) is 4.90 Å². The van der Waals surface area contributed by atoms with Gasteiger partial charge < -0.3 is 9.72 Å². The Morgan fingerprint density at radius 2 is 1.56 bits per heavy atom. The molecule has 27 heavy (non-hydrogen) atoms. The number of nitrogens with one attached hydrogen (secondary N) is 1. The van der Waals surface area contributed by atoms with Crippen molar-refractivity contribution < 1.29 is 4.74 Å². The minimum Gasteiger partial charge on any atom is -0.457 e. The lowest BCUT2D eigenvalue weighted by Crippen LogP contribution is -2.32. The maximum Gasteiger partial charge on any atom is 0.127 e. The first-order chi connectivity index (χ1) is 13.3. The van der Waals surface area contributed by atoms with Crippen LogP contribution in [0.1, 0.15) is 22.9 Å². The molecule has 3 nitrogen and oxygen atoms in total. The fraction of sp³-hybridized carbons (Fsp3) is 0.167. The number of likely N-dealkylation sites (N-methyl/N-ethyl adjacent to an activating group) is 1. The second-order valence-corrected chi connectivity index (χ2v) is 7.18. The quantitative estimate of drug-likeness (QED) is 0.523. The van der Waals surface area contributed by atoms with Crippen LogP contribution >= 0.6 is 0 Å². The van der Waals surface area contributed by atoms with E-state index in [1.165, 1.54) is 27.7 Å². The van der Waals surface area contributed by atoms with Crippen molar-refractivity contribution in [2.75, 3.05) is 13.6 Å². The summed E-state index contributed by atoms with van der Waals surface area (Å²) in [7, 11) is 2.20. The highest BCUT2D eigenvalue weighted by molar-refractivity contribution is 5.85. The van der Waals surface area contributed by atoms with Gasteiger partial charge in [-0.15, -0.1) is 0 Å². The Morgan fingerprint density at radius 1 is 0.852 bits per heavy atom. The Hall–Kier alpha value is -3.04. The third kappa shape index (κ3) is 2.90. The van der Waals surface area contributed by atoms with Gasteiger partial charge in [-0.1, -0.05) is 48.5 Å². The molecule has 0 fully saturated rings. The van der Waals surface area contributed by atoms with Crippen molar-refractivity contribution in [2.45, 2.75) is 12.5 Å². The fourth-order valence-electron chi connectivity index (χ4n) is 4.13. The zero-order valence-corrected chi connectivity index (χ0v) is 15.4. The van der Waals surface area contributed by atoms with Crippen molar-refractivity contribution >= 4 is 10.9 Å². The van der Waals surface area contributed by atoms with E-state index in [-0.39, 0.29) is 6.04 Å². The lowest BCUT2D eigenvalue weighted by molar-refractivity contribution is 0.261. The summed E-state index contributed by atoms with van der Waals surface area (Å²) >= 11 is 0. The number of benzene rings is 3. The molecule has 0 amide bonds. The van der Waals surface area contributed by atoms with Gasteiger partial charge in [0.1, 0.15) is 11.5 Å². The van der Waals surface area contributed by atoms with E-state index in [2.05, 4.69) is 65.5 Å². The average Bonchev–Trinajstić information content (AvgIpc) is 3.08. The number of para-hydroxylation sites is 2. The smallest absolute Gasteiger partial charge is 0.127 e. The molecular weight excluding hydrogens is 332 g/mol. The summed E-state index contributed by atoms with van der Waals surface area (Å²) in [4.78, 5) is 6.10. The first-order valence-corrected chi connectivity index (χ1v) is 9.42. The molecule has 5 rings (SSSR count). The van der Waals surface area contributed by atoms with Crippen LogP contribution in [0.3, 0.4) is 0 Å². The SMILES string of the molecule is CN1CCc2c([nH]c3ccccc23)C1c1ccc(Oc2ccccc2)cc1. The number of hydrogen-bond donors (Lipinski definition) is 1. The second-order valence-electron chi connectivity index (χ2n) is 7.18. The van der Waals surface area contributed by atoms with Gasteiger partial charge in [0.25, 0.3) is 0 Å². The molecule has 4 aromatic rings. The van der Waals surface area contributed by atoms with E-state index in [1.54, 1.807) is 0 Å². The number of aromatic nitrogens is 1. The molecule has 0 bridgehead atoms. The van der Waals surface area contributed by atoms with E-state index in [4.69, 9.17) is 4.74 Å². The summed E-state index contributed by atoms with van der Waals surface area (Å²) in [6.45, 7) is 1.06. The van der Waals surface area contributed by atoms with Gasteiger partial charge >= 0.3 is 0 Å². The zero-order valence-electron chi connectivity index (χ0n) is 15.4. The lowest BCUT2D eigenvalue weighted by Gasteiger charge is -2.33. The van der Waals surface area contributed by atoms with Gasteiger partial charge in [-0.25, -0.2) is 0 Å². The summed E-state index contributed by atoms with van der Waals surface area (Å²) in [6.07, 6.45) is 1.08. The maximum atomic E-state index is 5.94. The van der Waals surface area contributed by atoms with Crippen LogP contribution in [0.2, 0.25) is 0 Å². The minimum absolute atomic E-state index is 0.243. The minimum atomic E-state index is 0.243. The maximum absolute atomic E-state index is 5.94. The summed E-state index contributed by atoms with van der Waals surface area (Å²) < 4.78 is 5.94. The highest BCUT2D eigenvalue weighted by atomic mass is 16.5. The second kappa shape index (κ2) is 6.60. The van der Waals surface area contributed by atoms with Crippen LogP contribution in [-0.4, -0.2) is 23.5 Å². The molecule has 0 aliphatic carbocycles. The third-order valence-corrected chi connectivity index (χ3v) is 5.45. The van der Waals surface area contributed by atoms with E-state index in [0.717, 1.165) is 24.5 Å². The number of fused-ring (bicyclic) bond motifs is 3. The molecule has 1 aromatic heterocycles. The Balaban J connectivity index is 1.49. The van der Waals surface area contributed by atoms with Crippen molar-refractivity contribution in [3.8, 4) is 11.5 Å². The molecule has 0 saturated carbocycles. The third-order valence-electron chi connectivity index (χ3n) is 5.45. The predicted molar refractivity (Wildman–Crippen MR) is 109 cm³/mol. The number of ether oxygens (including phenoxy) is 1. The van der Waals surface area contributed by atoms with Crippen LogP contribution in [0.25, 0.3) is 10.9 Å². The van der Waals surface area contributed by atoms with Crippen molar-refractivity contribution in [1.29, 1.82) is 0 Å². The van der Waals surface area contributed by atoms with Gasteiger partial charge in [0.15, 0.2) is 0 Å². The molecule has 0 spiro atoms. The largest absolute Gasteiger partial charge is 0.457 e. The summed E-state index contributed by atoms with van der Waals surface area (Å²) in [5.41, 5.74) is 5.29. The Kier molecular flexibility index (Phi) is 3.95. The van der Waals surface area contributed by atoms with Gasteiger partial charge in [-0.05, 0) is 54.9 Å². The molecule has 134 valence electrons. The highest BCUT2D eigenvalue weighted by Gasteiger charge is 2.29. The number of hydrogen-bond acceptors (Lipinski definition) is 2. The number of H-pyrrole nitrogens is 1. The predicted octanol–water partition coefficient (Wildman–Crippen LogP) is 5.54. The molecule has 1 unspecified atom stereocenters. The lowest BCUT2D eigenvalue weighted by atomic mass is 9.93. The van der Waals surface area contributed by atoms with Gasteiger partial charge in [-0.2, -0.15) is 0 Å². The average molecular weight is 354 g/mol. The highest BCUT2D eigenvalue weighted by Crippen LogP contribution is 2.38. The fourth-order valence-corrected chi connectivity index (χ4v) is 4.13. The molecule has 1 atom stereocenters. The van der Waals surface area contributed by atoms with Crippen LogP contribution < -0.4 is 4.74 Å². The number of aromatic amines is 1. The molecule has 2 heterocycles. The summed E-state index contributed by atoms with van der Waals surface area (Å²) in [5.74, 6) is 1.72. The molecule has 1 N–H and O–H groups in total. The van der Waals surface area contributed by atoms with E-state index < -0.39 is 0 Å². The molecule has 0 radical (unpaired) electrons. The van der Waals surface area contributed by atoms with Crippen LogP contribution in [0.5, 0.6) is 11.5 Å². The Labute approximate surface area is 159 Å². The molecule has 3 aromatic carbocycles. The van der Waals surface area contributed by atoms with E-state index in [9.17, 15) is 0 Å². The van der Waals surface area contributed by atoms with Crippen LogP contribution in [-0.2, 0) is 6.42 Å². The number of rotatable bonds is 3. The van der Waals surface area contributed by atoms with Gasteiger partial charge in [0.2, 0.25) is 0 Å². The molecule has 3 heteroatoms. The van der Waals surface area contributed by atoms with E-state index in [0.29, 0.717) is 0 Å². The van der Waals surface area contributed by atoms with E-state index >= 15 is 0 Å². The molecule has 0 saturated heterocycles. The topological polar surface area (TPSA) is 28.3 Å². The van der Waals surface area contributed by atoms with Crippen LogP contribution in [0.15, 0.2) is 78.9 Å². The van der Waals surface area contributed by atoms with Crippen molar-refractivity contribution in [1.82, 2.24) is 9.88 Å². The zero-order chi connectivity index (χ0) is 18.2. The monoisotopic (exact) mass is 354 g/mol. The van der Waals surface area contributed by atoms with E-state index in [1.807, 2.05) is 30.3 Å². The first kappa shape index (κ1) is 16.2. The summed E-state index contributed by atoms with van der Waals surface area (Å²) in [6, 6.07) is 27.2. The van der Waals surface area contributed by atoms with Crippen molar-refractivity contribution in [3.05, 3.63) is 95.7 Å². The van der Waals surface area contributed by atoms with Crippen LogP contribution in [0, 0.1) is 0 Å². The van der Waals surface area contributed by atoms with Gasteiger partial charge in [0.05, 0.1) is 6.04 Å². The molecular formula is C24H22N2O. The number of nitrogens with zero attached hydrogens (tertiary/aromatic N) is 1. The Bertz CT molecular complexity index is 1070.